The summed E-state index contributed by atoms with van der Waals surface area (Å²) in [7, 11) is 0. The molecule has 6 aromatic heterocycles. The molecule has 0 atom stereocenters. The first kappa shape index (κ1) is 64.7. The summed E-state index contributed by atoms with van der Waals surface area (Å²) in [4.78, 5) is 22.1. The molecule has 2 aliphatic heterocycles. The van der Waals surface area contributed by atoms with Crippen LogP contribution in [0.1, 0.15) is 16.8 Å². The van der Waals surface area contributed by atoms with Gasteiger partial charge in [-0.05, 0) is 212 Å². The van der Waals surface area contributed by atoms with E-state index in [4.69, 9.17) is 29.4 Å². The van der Waals surface area contributed by atoms with E-state index in [9.17, 15) is 0 Å². The Bertz CT molecular complexity index is 8620. The number of ether oxygens (including phenoxy) is 2. The van der Waals surface area contributed by atoms with Crippen LogP contribution in [0.2, 0.25) is 0 Å². The monoisotopic (exact) mass is 1500 g/mol. The minimum Gasteiger partial charge on any atom is -0.455 e. The SMILES string of the molecule is Cc1c(/C=C\Cc2cc3c(c4ccccc24)c2cc(-c4ccc5c(c4)c4c6ccccc6ccc4n5-c4nc5c6c(cccc6n4)Oc4c-5ccc5ccccc45)ccc2n3-c2ccccc2)c2cc(-c3ccc4c(ccc5c4c4ccccc4n5-c4ccccc4)c3)ccc2n1-c1nc2c3c(cccc3n1)Oc1c-2ccc2ccccc12. The highest BCUT2D eigenvalue weighted by Crippen LogP contribution is 2.53. The maximum atomic E-state index is 6.81. The number of fused-ring (bicyclic) bond motifs is 24. The van der Waals surface area contributed by atoms with Gasteiger partial charge in [-0.15, -0.1) is 0 Å². The van der Waals surface area contributed by atoms with Gasteiger partial charge in [-0.3, -0.25) is 9.13 Å². The van der Waals surface area contributed by atoms with E-state index in [1.54, 1.807) is 0 Å². The maximum Gasteiger partial charge on any atom is 0.235 e. The number of hydrogen-bond donors (Lipinski definition) is 0. The third kappa shape index (κ3) is 9.33. The third-order valence-electron chi connectivity index (χ3n) is 25.2. The zero-order valence-electron chi connectivity index (χ0n) is 63.7. The van der Waals surface area contributed by atoms with Crippen molar-refractivity contribution in [3.63, 3.8) is 0 Å². The molecule has 0 saturated carbocycles. The highest BCUT2D eigenvalue weighted by Gasteiger charge is 2.31. The molecule has 0 amide bonds. The average molecular weight is 1510 g/mol. The van der Waals surface area contributed by atoms with Gasteiger partial charge in [0.05, 0.1) is 71.8 Å². The van der Waals surface area contributed by atoms with Crippen molar-refractivity contribution < 1.29 is 9.47 Å². The van der Waals surface area contributed by atoms with Gasteiger partial charge in [0.15, 0.2) is 0 Å². The molecule has 2 aliphatic rings. The number of rotatable bonds is 9. The molecule has 8 heterocycles. The quantitative estimate of drug-likeness (QED) is 0.143. The molecule has 0 spiro atoms. The second-order valence-corrected chi connectivity index (χ2v) is 31.5. The molecule has 18 aromatic carbocycles. The van der Waals surface area contributed by atoms with E-state index >= 15 is 0 Å². The van der Waals surface area contributed by atoms with Crippen molar-refractivity contribution in [3.05, 3.63) is 369 Å². The molecule has 10 heteroatoms. The van der Waals surface area contributed by atoms with Crippen molar-refractivity contribution in [2.75, 3.05) is 0 Å². The normalized spacial score (nSPS) is 12.6. The Morgan fingerprint density at radius 1 is 0.280 bits per heavy atom. The zero-order valence-corrected chi connectivity index (χ0v) is 63.7. The van der Waals surface area contributed by atoms with Crippen LogP contribution in [0.4, 0.5) is 0 Å². The highest BCUT2D eigenvalue weighted by atomic mass is 16.5. The van der Waals surface area contributed by atoms with E-state index in [1.165, 1.54) is 70.5 Å². The van der Waals surface area contributed by atoms with Crippen LogP contribution in [-0.2, 0) is 6.42 Å². The fourth-order valence-electron chi connectivity index (χ4n) is 19.9. The number of hydrogen-bond acceptors (Lipinski definition) is 6. The first-order valence-corrected chi connectivity index (χ1v) is 40.3. The molecule has 118 heavy (non-hydrogen) atoms. The van der Waals surface area contributed by atoms with Gasteiger partial charge in [0.25, 0.3) is 0 Å². The summed E-state index contributed by atoms with van der Waals surface area (Å²) in [6.07, 6.45) is 5.37. The predicted octanol–water partition coefficient (Wildman–Crippen LogP) is 28.0. The number of aromatic nitrogens is 8. The lowest BCUT2D eigenvalue weighted by Gasteiger charge is -2.22. The molecule has 0 bridgehead atoms. The Labute approximate surface area is 674 Å². The molecule has 0 aliphatic carbocycles. The topological polar surface area (TPSA) is 89.7 Å². The van der Waals surface area contributed by atoms with Crippen molar-refractivity contribution in [2.24, 2.45) is 0 Å². The van der Waals surface area contributed by atoms with Gasteiger partial charge in [0.2, 0.25) is 11.9 Å². The van der Waals surface area contributed by atoms with Gasteiger partial charge in [-0.25, -0.2) is 19.9 Å². The fraction of sp³-hybridized carbons (Fsp3) is 0.0185. The molecule has 0 unspecified atom stereocenters. The largest absolute Gasteiger partial charge is 0.455 e. The van der Waals surface area contributed by atoms with Gasteiger partial charge in [0.1, 0.15) is 23.0 Å². The minimum absolute atomic E-state index is 0.599. The lowest BCUT2D eigenvalue weighted by Crippen LogP contribution is -2.08. The molecular weight excluding hydrogens is 1440 g/mol. The second kappa shape index (κ2) is 24.6. The summed E-state index contributed by atoms with van der Waals surface area (Å²) >= 11 is 0. The Hall–Kier alpha value is -15.8. The number of allylic oxidation sites excluding steroid dienone is 1. The molecular formula is C108H64N8O2. The van der Waals surface area contributed by atoms with Crippen LogP contribution in [0.25, 0.3) is 226 Å². The van der Waals surface area contributed by atoms with E-state index in [1.807, 2.05) is 24.3 Å². The van der Waals surface area contributed by atoms with Crippen molar-refractivity contribution in [3.8, 4) is 91.0 Å². The lowest BCUT2D eigenvalue weighted by atomic mass is 9.95. The summed E-state index contributed by atoms with van der Waals surface area (Å²) in [5.74, 6) is 4.33. The van der Waals surface area contributed by atoms with Crippen molar-refractivity contribution >= 4 is 158 Å². The number of nitrogens with zero attached hydrogens (tertiary/aromatic N) is 8. The van der Waals surface area contributed by atoms with Gasteiger partial charge in [0, 0.05) is 82.2 Å². The van der Waals surface area contributed by atoms with Crippen molar-refractivity contribution in [2.45, 2.75) is 13.3 Å². The van der Waals surface area contributed by atoms with Crippen molar-refractivity contribution in [1.29, 1.82) is 0 Å². The molecule has 0 N–H and O–H groups in total. The summed E-state index contributed by atoms with van der Waals surface area (Å²) in [6.45, 7) is 2.22. The summed E-state index contributed by atoms with van der Waals surface area (Å²) < 4.78 is 23.0. The average Bonchev–Trinajstić information content (AvgIpc) is 1.62. The van der Waals surface area contributed by atoms with E-state index in [0.717, 1.165) is 177 Å². The van der Waals surface area contributed by atoms with Crippen LogP contribution in [0, 0.1) is 6.92 Å². The molecule has 24 aromatic rings. The van der Waals surface area contributed by atoms with Crippen LogP contribution in [0.15, 0.2) is 352 Å². The van der Waals surface area contributed by atoms with E-state index in [0.29, 0.717) is 18.3 Å². The van der Waals surface area contributed by atoms with Crippen molar-refractivity contribution in [1.82, 2.24) is 38.2 Å². The molecule has 10 nitrogen and oxygen atoms in total. The van der Waals surface area contributed by atoms with Gasteiger partial charge in [-0.2, -0.15) is 0 Å². The maximum absolute atomic E-state index is 6.81. The Kier molecular flexibility index (Phi) is 13.5. The first-order valence-electron chi connectivity index (χ1n) is 40.3. The van der Waals surface area contributed by atoms with E-state index in [-0.39, 0.29) is 0 Å². The lowest BCUT2D eigenvalue weighted by molar-refractivity contribution is 0.491. The molecule has 548 valence electrons. The number of benzene rings is 18. The molecule has 0 saturated heterocycles. The Balaban J connectivity index is 0.624. The van der Waals surface area contributed by atoms with Gasteiger partial charge >= 0.3 is 0 Å². The van der Waals surface area contributed by atoms with E-state index < -0.39 is 0 Å². The van der Waals surface area contributed by atoms with Crippen LogP contribution < -0.4 is 9.47 Å². The Morgan fingerprint density at radius 2 is 0.712 bits per heavy atom. The fourth-order valence-corrected chi connectivity index (χ4v) is 19.9. The summed E-state index contributed by atoms with van der Waals surface area (Å²) in [5, 5.41) is 21.5. The first-order chi connectivity index (χ1) is 58.4. The van der Waals surface area contributed by atoms with Crippen LogP contribution in [0.5, 0.6) is 23.0 Å². The summed E-state index contributed by atoms with van der Waals surface area (Å²) in [6, 6.07) is 125. The standard InChI is InChI=1S/C108H64N8O2/c1-62-74(84-58-67(66-43-49-77-71(57-66)48-56-93-98(77)81-34-16-17-38-89(81)114(93)72-25-4-2-5-26-72)45-52-90(84)113(62)107-109-87-36-19-39-96-101(87)103(111-107)82-50-41-64-22-9-12-31-78(64)105(82)117-96)35-18-24-70-61-95-100(80-33-15-14-29-75(70)80)85-59-68(46-53-91(85)115(95)73-27-6-3-7-28-73)69-47-54-92-86(60-69)99-76-30-11-8-21-63(76)44-55-94(99)116(92)108-110-88-37-20-40-97-102(88)104(112-108)83-51-42-65-23-10-13-32-79(65)106(83)118-97/h2-23,25-61H,24H2,1H3/b35-18-. The summed E-state index contributed by atoms with van der Waals surface area (Å²) in [5.41, 5.74) is 23.0. The molecule has 0 radical (unpaired) electrons. The van der Waals surface area contributed by atoms with Gasteiger partial charge < -0.3 is 18.6 Å². The smallest absolute Gasteiger partial charge is 0.235 e. The molecule has 26 rings (SSSR count). The van der Waals surface area contributed by atoms with Crippen LogP contribution in [0.3, 0.4) is 0 Å². The zero-order chi connectivity index (χ0) is 77.1. The minimum atomic E-state index is 0.599. The second-order valence-electron chi connectivity index (χ2n) is 31.5. The van der Waals surface area contributed by atoms with Gasteiger partial charge in [-0.1, -0.05) is 231 Å². The van der Waals surface area contributed by atoms with Crippen LogP contribution in [-0.4, -0.2) is 38.2 Å². The number of para-hydroxylation sites is 3. The van der Waals surface area contributed by atoms with E-state index in [2.05, 4.69) is 359 Å². The predicted molar refractivity (Wildman–Crippen MR) is 486 cm³/mol. The van der Waals surface area contributed by atoms with Crippen LogP contribution >= 0.6 is 0 Å². The third-order valence-corrected chi connectivity index (χ3v) is 25.2. The molecule has 0 fully saturated rings. The Morgan fingerprint density at radius 3 is 1.34 bits per heavy atom. The highest BCUT2D eigenvalue weighted by molar-refractivity contribution is 6.26.